The van der Waals surface area contributed by atoms with Crippen molar-refractivity contribution in [3.8, 4) is 0 Å². The molecule has 0 radical (unpaired) electrons. The van der Waals surface area contributed by atoms with Crippen LogP contribution in [0.2, 0.25) is 5.15 Å². The molecular formula is C15H8ClNO. The van der Waals surface area contributed by atoms with Crippen LogP contribution in [-0.2, 0) is 0 Å². The number of fused-ring (bicyclic) bond motifs is 5. The van der Waals surface area contributed by atoms with Crippen molar-refractivity contribution in [2.24, 2.45) is 0 Å². The molecule has 0 aliphatic rings. The van der Waals surface area contributed by atoms with Gasteiger partial charge in [-0.2, -0.15) is 0 Å². The molecule has 0 spiro atoms. The maximum atomic E-state index is 5.97. The average Bonchev–Trinajstić information content (AvgIpc) is 2.77. The fraction of sp³-hybridized carbons (Fsp3) is 0. The minimum Gasteiger partial charge on any atom is -0.454 e. The third kappa shape index (κ3) is 1.27. The molecular weight excluding hydrogens is 246 g/mol. The molecule has 18 heavy (non-hydrogen) atoms. The van der Waals surface area contributed by atoms with E-state index in [-0.39, 0.29) is 0 Å². The SMILES string of the molecule is Clc1ccc2oc3ccc4ccccc4c3c2n1. The van der Waals surface area contributed by atoms with Crippen molar-refractivity contribution in [1.29, 1.82) is 0 Å². The second-order valence-corrected chi connectivity index (χ2v) is 4.63. The van der Waals surface area contributed by atoms with E-state index in [0.29, 0.717) is 5.15 Å². The Hall–Kier alpha value is -2.06. The van der Waals surface area contributed by atoms with Crippen molar-refractivity contribution in [2.45, 2.75) is 0 Å². The lowest BCUT2D eigenvalue weighted by Crippen LogP contribution is -1.77. The number of rotatable bonds is 0. The minimum atomic E-state index is 0.484. The summed E-state index contributed by atoms with van der Waals surface area (Å²) in [5.41, 5.74) is 2.44. The van der Waals surface area contributed by atoms with Crippen LogP contribution in [-0.4, -0.2) is 4.98 Å². The van der Waals surface area contributed by atoms with Crippen LogP contribution in [0, 0.1) is 0 Å². The second-order valence-electron chi connectivity index (χ2n) is 4.24. The monoisotopic (exact) mass is 253 g/mol. The Morgan fingerprint density at radius 1 is 0.889 bits per heavy atom. The first kappa shape index (κ1) is 9.92. The Balaban J connectivity index is 2.35. The highest BCUT2D eigenvalue weighted by molar-refractivity contribution is 6.30. The van der Waals surface area contributed by atoms with Gasteiger partial charge in [-0.3, -0.25) is 0 Å². The van der Waals surface area contributed by atoms with Gasteiger partial charge in [0.1, 0.15) is 16.3 Å². The van der Waals surface area contributed by atoms with Gasteiger partial charge in [0, 0.05) is 0 Å². The van der Waals surface area contributed by atoms with E-state index in [9.17, 15) is 0 Å². The van der Waals surface area contributed by atoms with Crippen LogP contribution in [0.25, 0.3) is 32.8 Å². The normalized spacial score (nSPS) is 11.6. The number of pyridine rings is 1. The lowest BCUT2D eigenvalue weighted by Gasteiger charge is -1.98. The molecule has 0 amide bonds. The zero-order valence-corrected chi connectivity index (χ0v) is 10.1. The zero-order valence-electron chi connectivity index (χ0n) is 9.35. The maximum absolute atomic E-state index is 5.97. The lowest BCUT2D eigenvalue weighted by atomic mass is 10.1. The summed E-state index contributed by atoms with van der Waals surface area (Å²) in [6, 6.07) is 15.8. The van der Waals surface area contributed by atoms with E-state index in [1.807, 2.05) is 24.3 Å². The van der Waals surface area contributed by atoms with Crippen molar-refractivity contribution in [3.63, 3.8) is 0 Å². The van der Waals surface area contributed by atoms with Crippen LogP contribution >= 0.6 is 11.6 Å². The van der Waals surface area contributed by atoms with Gasteiger partial charge in [0.25, 0.3) is 0 Å². The third-order valence-corrected chi connectivity index (χ3v) is 3.38. The number of furan rings is 1. The van der Waals surface area contributed by atoms with Crippen LogP contribution in [0.5, 0.6) is 0 Å². The topological polar surface area (TPSA) is 26.0 Å². The summed E-state index contributed by atoms with van der Waals surface area (Å²) < 4.78 is 5.79. The van der Waals surface area contributed by atoms with Crippen molar-refractivity contribution in [1.82, 2.24) is 4.98 Å². The molecule has 0 unspecified atom stereocenters. The van der Waals surface area contributed by atoms with Crippen LogP contribution in [0.1, 0.15) is 0 Å². The first-order chi connectivity index (χ1) is 8.83. The van der Waals surface area contributed by atoms with E-state index in [4.69, 9.17) is 16.0 Å². The highest BCUT2D eigenvalue weighted by atomic mass is 35.5. The number of hydrogen-bond donors (Lipinski definition) is 0. The Labute approximate surface area is 108 Å². The van der Waals surface area contributed by atoms with E-state index in [0.717, 1.165) is 27.5 Å². The Kier molecular flexibility index (Phi) is 1.91. The molecule has 2 aromatic carbocycles. The van der Waals surface area contributed by atoms with E-state index in [2.05, 4.69) is 23.2 Å². The Morgan fingerprint density at radius 3 is 2.67 bits per heavy atom. The zero-order chi connectivity index (χ0) is 12.1. The third-order valence-electron chi connectivity index (χ3n) is 3.17. The minimum absolute atomic E-state index is 0.484. The fourth-order valence-corrected chi connectivity index (χ4v) is 2.53. The molecule has 4 rings (SSSR count). The molecule has 0 aliphatic heterocycles. The first-order valence-corrected chi connectivity index (χ1v) is 6.07. The van der Waals surface area contributed by atoms with Gasteiger partial charge in [0.05, 0.1) is 5.39 Å². The summed E-state index contributed by atoms with van der Waals surface area (Å²) in [6.07, 6.45) is 0. The summed E-state index contributed by atoms with van der Waals surface area (Å²) in [7, 11) is 0. The van der Waals surface area contributed by atoms with Gasteiger partial charge < -0.3 is 4.42 Å². The molecule has 4 aromatic rings. The van der Waals surface area contributed by atoms with Crippen LogP contribution in [0.15, 0.2) is 52.9 Å². The smallest absolute Gasteiger partial charge is 0.154 e. The first-order valence-electron chi connectivity index (χ1n) is 5.69. The second kappa shape index (κ2) is 3.47. The molecule has 0 saturated carbocycles. The Morgan fingerprint density at radius 2 is 1.72 bits per heavy atom. The van der Waals surface area contributed by atoms with E-state index < -0.39 is 0 Å². The largest absolute Gasteiger partial charge is 0.454 e. The quantitative estimate of drug-likeness (QED) is 0.421. The van der Waals surface area contributed by atoms with Gasteiger partial charge >= 0.3 is 0 Å². The number of nitrogens with zero attached hydrogens (tertiary/aromatic N) is 1. The van der Waals surface area contributed by atoms with Gasteiger partial charge in [-0.25, -0.2) is 4.98 Å². The van der Waals surface area contributed by atoms with Crippen molar-refractivity contribution >= 4 is 44.4 Å². The highest BCUT2D eigenvalue weighted by Gasteiger charge is 2.11. The van der Waals surface area contributed by atoms with Crippen molar-refractivity contribution < 1.29 is 4.42 Å². The lowest BCUT2D eigenvalue weighted by molar-refractivity contribution is 0.668. The molecule has 2 aromatic heterocycles. The van der Waals surface area contributed by atoms with Gasteiger partial charge in [0.15, 0.2) is 5.58 Å². The molecule has 2 heterocycles. The average molecular weight is 254 g/mol. The predicted molar refractivity (Wildman–Crippen MR) is 74.0 cm³/mol. The molecule has 2 nitrogen and oxygen atoms in total. The summed E-state index contributed by atoms with van der Waals surface area (Å²) in [5.74, 6) is 0. The molecule has 0 atom stereocenters. The summed E-state index contributed by atoms with van der Waals surface area (Å²) in [6.45, 7) is 0. The van der Waals surface area contributed by atoms with Gasteiger partial charge in [-0.15, -0.1) is 0 Å². The van der Waals surface area contributed by atoms with E-state index in [1.54, 1.807) is 6.07 Å². The van der Waals surface area contributed by atoms with Crippen molar-refractivity contribution in [3.05, 3.63) is 53.7 Å². The van der Waals surface area contributed by atoms with Crippen LogP contribution in [0.3, 0.4) is 0 Å². The number of halogens is 1. The van der Waals surface area contributed by atoms with E-state index in [1.165, 1.54) is 5.39 Å². The maximum Gasteiger partial charge on any atom is 0.154 e. The fourth-order valence-electron chi connectivity index (χ4n) is 2.38. The molecule has 0 saturated heterocycles. The van der Waals surface area contributed by atoms with Crippen LogP contribution < -0.4 is 0 Å². The summed E-state index contributed by atoms with van der Waals surface area (Å²) in [5, 5.41) is 3.83. The van der Waals surface area contributed by atoms with Crippen molar-refractivity contribution in [2.75, 3.05) is 0 Å². The van der Waals surface area contributed by atoms with Crippen LogP contribution in [0.4, 0.5) is 0 Å². The highest BCUT2D eigenvalue weighted by Crippen LogP contribution is 2.33. The standard InChI is InChI=1S/C15H8ClNO/c16-13-8-7-12-15(17-13)14-10-4-2-1-3-9(10)5-6-11(14)18-12/h1-8H. The molecule has 0 fully saturated rings. The number of hydrogen-bond acceptors (Lipinski definition) is 2. The Bertz CT molecular complexity index is 895. The molecule has 3 heteroatoms. The molecule has 0 bridgehead atoms. The molecule has 0 N–H and O–H groups in total. The van der Waals surface area contributed by atoms with E-state index >= 15 is 0 Å². The number of aromatic nitrogens is 1. The summed E-state index contributed by atoms with van der Waals surface area (Å²) in [4.78, 5) is 4.39. The molecule has 0 aliphatic carbocycles. The van der Waals surface area contributed by atoms with Gasteiger partial charge in [-0.1, -0.05) is 41.9 Å². The molecule has 86 valence electrons. The summed E-state index contributed by atoms with van der Waals surface area (Å²) >= 11 is 5.97. The predicted octanol–water partition coefficient (Wildman–Crippen LogP) is 4.79. The van der Waals surface area contributed by atoms with Gasteiger partial charge in [0.2, 0.25) is 0 Å². The number of benzene rings is 2. The van der Waals surface area contributed by atoms with Gasteiger partial charge in [-0.05, 0) is 29.0 Å².